The first-order valence-corrected chi connectivity index (χ1v) is 8.42. The number of pyridine rings is 1. The molecule has 0 N–H and O–H groups in total. The lowest BCUT2D eigenvalue weighted by Crippen LogP contribution is -2.20. The molecule has 28 heavy (non-hydrogen) atoms. The van der Waals surface area contributed by atoms with Gasteiger partial charge in [-0.2, -0.15) is 13.2 Å². The molecule has 5 nitrogen and oxygen atoms in total. The van der Waals surface area contributed by atoms with Crippen molar-refractivity contribution in [1.82, 2.24) is 15.0 Å². The van der Waals surface area contributed by atoms with Crippen molar-refractivity contribution in [1.29, 1.82) is 0 Å². The SMILES string of the molecule is O=C(Cc1cnc(OCC(F)(F)F)c(-c2ccc(Cl)cc2)c1)c1cncnc1. The predicted molar refractivity (Wildman–Crippen MR) is 96.3 cm³/mol. The quantitative estimate of drug-likeness (QED) is 0.560. The summed E-state index contributed by atoms with van der Waals surface area (Å²) >= 11 is 5.88. The van der Waals surface area contributed by atoms with E-state index in [0.717, 1.165) is 0 Å². The fourth-order valence-electron chi connectivity index (χ4n) is 2.42. The van der Waals surface area contributed by atoms with E-state index in [2.05, 4.69) is 15.0 Å². The minimum atomic E-state index is -4.50. The number of hydrogen-bond donors (Lipinski definition) is 0. The Labute approximate surface area is 163 Å². The second kappa shape index (κ2) is 8.35. The number of carbonyl (C=O) groups excluding carboxylic acids is 1. The number of hydrogen-bond acceptors (Lipinski definition) is 5. The lowest BCUT2D eigenvalue weighted by atomic mass is 10.0. The molecule has 0 aliphatic carbocycles. The van der Waals surface area contributed by atoms with Crippen LogP contribution in [0.1, 0.15) is 15.9 Å². The van der Waals surface area contributed by atoms with E-state index >= 15 is 0 Å². The zero-order valence-electron chi connectivity index (χ0n) is 14.3. The van der Waals surface area contributed by atoms with Crippen LogP contribution in [0.25, 0.3) is 11.1 Å². The predicted octanol–water partition coefficient (Wildman–Crippen LogP) is 4.56. The summed E-state index contributed by atoms with van der Waals surface area (Å²) in [6.07, 6.45) is 0.894. The van der Waals surface area contributed by atoms with Crippen LogP contribution in [0.3, 0.4) is 0 Å². The van der Waals surface area contributed by atoms with Crippen molar-refractivity contribution in [2.45, 2.75) is 12.6 Å². The van der Waals surface area contributed by atoms with Gasteiger partial charge >= 0.3 is 6.18 Å². The second-order valence-electron chi connectivity index (χ2n) is 5.83. The molecule has 1 aromatic carbocycles. The molecule has 2 heterocycles. The second-order valence-corrected chi connectivity index (χ2v) is 6.27. The van der Waals surface area contributed by atoms with Crippen LogP contribution in [0.2, 0.25) is 5.02 Å². The van der Waals surface area contributed by atoms with Gasteiger partial charge in [-0.15, -0.1) is 0 Å². The first-order chi connectivity index (χ1) is 13.3. The van der Waals surface area contributed by atoms with Gasteiger partial charge in [-0.25, -0.2) is 15.0 Å². The number of ether oxygens (including phenoxy) is 1. The normalized spacial score (nSPS) is 11.3. The molecule has 2 aromatic heterocycles. The zero-order chi connectivity index (χ0) is 20.1. The van der Waals surface area contributed by atoms with Crippen molar-refractivity contribution >= 4 is 17.4 Å². The summed E-state index contributed by atoms with van der Waals surface area (Å²) < 4.78 is 42.5. The average molecular weight is 408 g/mol. The summed E-state index contributed by atoms with van der Waals surface area (Å²) in [5, 5.41) is 0.477. The Bertz CT molecular complexity index is 964. The fraction of sp³-hybridized carbons (Fsp3) is 0.158. The van der Waals surface area contributed by atoms with E-state index in [1.54, 1.807) is 30.3 Å². The highest BCUT2D eigenvalue weighted by molar-refractivity contribution is 6.30. The largest absolute Gasteiger partial charge is 0.468 e. The molecule has 0 unspecified atom stereocenters. The van der Waals surface area contributed by atoms with E-state index in [1.807, 2.05) is 0 Å². The molecule has 3 aromatic rings. The summed E-state index contributed by atoms with van der Waals surface area (Å²) in [6.45, 7) is -1.47. The molecule has 9 heteroatoms. The summed E-state index contributed by atoms with van der Waals surface area (Å²) in [6, 6.07) is 8.05. The van der Waals surface area contributed by atoms with E-state index in [0.29, 0.717) is 27.3 Å². The van der Waals surface area contributed by atoms with Crippen molar-refractivity contribution in [3.05, 3.63) is 71.4 Å². The molecule has 0 spiro atoms. The number of benzene rings is 1. The fourth-order valence-corrected chi connectivity index (χ4v) is 2.55. The number of Topliss-reactive ketones (excluding diaryl/α,β-unsaturated/α-hetero) is 1. The van der Waals surface area contributed by atoms with E-state index in [9.17, 15) is 18.0 Å². The van der Waals surface area contributed by atoms with Crippen molar-refractivity contribution in [3.8, 4) is 17.0 Å². The molecule has 0 saturated carbocycles. The molecule has 0 atom stereocenters. The Balaban J connectivity index is 1.91. The maximum absolute atomic E-state index is 12.5. The molecule has 0 saturated heterocycles. The molecule has 0 aliphatic rings. The molecule has 0 amide bonds. The highest BCUT2D eigenvalue weighted by Crippen LogP contribution is 2.31. The number of aromatic nitrogens is 3. The topological polar surface area (TPSA) is 65.0 Å². The molecule has 0 radical (unpaired) electrons. The Morgan fingerprint density at radius 2 is 1.75 bits per heavy atom. The number of rotatable bonds is 6. The van der Waals surface area contributed by atoms with Crippen molar-refractivity contribution in [2.75, 3.05) is 6.61 Å². The van der Waals surface area contributed by atoms with Crippen molar-refractivity contribution in [3.63, 3.8) is 0 Å². The number of alkyl halides is 3. The highest BCUT2D eigenvalue weighted by atomic mass is 35.5. The van der Waals surface area contributed by atoms with E-state index in [4.69, 9.17) is 16.3 Å². The van der Waals surface area contributed by atoms with Crippen LogP contribution in [0.15, 0.2) is 55.2 Å². The minimum Gasteiger partial charge on any atom is -0.468 e. The van der Waals surface area contributed by atoms with Gasteiger partial charge in [0, 0.05) is 35.6 Å². The monoisotopic (exact) mass is 407 g/mol. The van der Waals surface area contributed by atoms with Crippen LogP contribution in [0, 0.1) is 0 Å². The Hall–Kier alpha value is -3.00. The number of halogens is 4. The van der Waals surface area contributed by atoms with Crippen LogP contribution in [-0.2, 0) is 6.42 Å². The van der Waals surface area contributed by atoms with Crippen molar-refractivity contribution < 1.29 is 22.7 Å². The van der Waals surface area contributed by atoms with Gasteiger partial charge in [-0.1, -0.05) is 23.7 Å². The van der Waals surface area contributed by atoms with E-state index in [-0.39, 0.29) is 18.1 Å². The molecule has 144 valence electrons. The van der Waals surface area contributed by atoms with Crippen LogP contribution in [0.4, 0.5) is 13.2 Å². The average Bonchev–Trinajstić information content (AvgIpc) is 2.67. The number of ketones is 1. The van der Waals surface area contributed by atoms with Gasteiger partial charge in [0.05, 0.1) is 5.56 Å². The summed E-state index contributed by atoms with van der Waals surface area (Å²) in [5.41, 5.74) is 1.73. The first-order valence-electron chi connectivity index (χ1n) is 8.04. The van der Waals surface area contributed by atoms with Crippen LogP contribution >= 0.6 is 11.6 Å². The third kappa shape index (κ3) is 5.26. The van der Waals surface area contributed by atoms with Crippen LogP contribution in [0.5, 0.6) is 5.88 Å². The summed E-state index contributed by atoms with van der Waals surface area (Å²) in [5.74, 6) is -0.424. The zero-order valence-corrected chi connectivity index (χ0v) is 15.0. The lowest BCUT2D eigenvalue weighted by Gasteiger charge is -2.13. The minimum absolute atomic E-state index is 0.0134. The van der Waals surface area contributed by atoms with Gasteiger partial charge in [-0.05, 0) is 29.3 Å². The van der Waals surface area contributed by atoms with Gasteiger partial charge in [0.1, 0.15) is 6.33 Å². The lowest BCUT2D eigenvalue weighted by molar-refractivity contribution is -0.154. The first kappa shape index (κ1) is 19.8. The van der Waals surface area contributed by atoms with Crippen molar-refractivity contribution in [2.24, 2.45) is 0 Å². The van der Waals surface area contributed by atoms with Gasteiger partial charge in [-0.3, -0.25) is 4.79 Å². The summed E-state index contributed by atoms with van der Waals surface area (Å²) in [4.78, 5) is 23.9. The van der Waals surface area contributed by atoms with Crippen LogP contribution < -0.4 is 4.74 Å². The number of nitrogens with zero attached hydrogens (tertiary/aromatic N) is 3. The highest BCUT2D eigenvalue weighted by Gasteiger charge is 2.29. The van der Waals surface area contributed by atoms with Crippen LogP contribution in [-0.4, -0.2) is 33.5 Å². The number of carbonyl (C=O) groups is 1. The molecular formula is C19H13ClF3N3O2. The standard InChI is InChI=1S/C19H13ClF3N3O2/c20-15-3-1-13(2-4-15)16-5-12(6-17(27)14-8-24-11-25-9-14)7-26-18(16)28-10-19(21,22)23/h1-5,7-9,11H,6,10H2. The van der Waals surface area contributed by atoms with Gasteiger partial charge in [0.15, 0.2) is 12.4 Å². The Morgan fingerprint density at radius 3 is 2.39 bits per heavy atom. The summed E-state index contributed by atoms with van der Waals surface area (Å²) in [7, 11) is 0. The smallest absolute Gasteiger partial charge is 0.422 e. The van der Waals surface area contributed by atoms with E-state index in [1.165, 1.54) is 24.9 Å². The van der Waals surface area contributed by atoms with Gasteiger partial charge in [0.2, 0.25) is 5.88 Å². The van der Waals surface area contributed by atoms with E-state index < -0.39 is 12.8 Å². The Kier molecular flexibility index (Phi) is 5.89. The maximum atomic E-state index is 12.5. The third-order valence-electron chi connectivity index (χ3n) is 3.68. The molecule has 0 fully saturated rings. The Morgan fingerprint density at radius 1 is 1.07 bits per heavy atom. The third-order valence-corrected chi connectivity index (χ3v) is 3.93. The van der Waals surface area contributed by atoms with Gasteiger partial charge < -0.3 is 4.74 Å². The van der Waals surface area contributed by atoms with Gasteiger partial charge in [0.25, 0.3) is 0 Å². The molecule has 0 bridgehead atoms. The molecule has 3 rings (SSSR count). The molecular weight excluding hydrogens is 395 g/mol. The molecule has 0 aliphatic heterocycles. The maximum Gasteiger partial charge on any atom is 0.422 e.